The number of benzene rings is 1. The van der Waals surface area contributed by atoms with Gasteiger partial charge < -0.3 is 11.1 Å². The maximum absolute atomic E-state index is 11.9. The topological polar surface area (TPSA) is 72.9 Å². The first-order chi connectivity index (χ1) is 9.15. The molecule has 1 aromatic carbocycles. The Labute approximate surface area is 124 Å². The quantitative estimate of drug-likeness (QED) is 0.890. The number of anilines is 1. The van der Waals surface area contributed by atoms with Gasteiger partial charge in [0, 0.05) is 17.6 Å². The average molecular weight is 297 g/mol. The van der Waals surface area contributed by atoms with Crippen molar-refractivity contribution >= 4 is 34.9 Å². The molecule has 2 aromatic rings. The zero-order valence-electron chi connectivity index (χ0n) is 11.8. The van der Waals surface area contributed by atoms with Crippen molar-refractivity contribution in [3.05, 3.63) is 24.4 Å². The Morgan fingerprint density at radius 3 is 2.85 bits per heavy atom. The predicted molar refractivity (Wildman–Crippen MR) is 84.2 cm³/mol. The lowest BCUT2D eigenvalue weighted by Crippen LogP contribution is -2.35. The molecule has 6 heteroatoms. The van der Waals surface area contributed by atoms with E-state index >= 15 is 0 Å². The number of carbonyl (C=O) groups excluding carboxylic acids is 1. The Kier molecular flexibility index (Phi) is 5.98. The molecule has 0 aliphatic heterocycles. The minimum Gasteiger partial charge on any atom is -0.325 e. The molecule has 0 aliphatic rings. The van der Waals surface area contributed by atoms with Crippen LogP contribution in [0.4, 0.5) is 5.69 Å². The summed E-state index contributed by atoms with van der Waals surface area (Å²) < 4.78 is 1.90. The van der Waals surface area contributed by atoms with Crippen LogP contribution in [0.5, 0.6) is 0 Å². The van der Waals surface area contributed by atoms with E-state index < -0.39 is 6.04 Å². The minimum atomic E-state index is -0.447. The van der Waals surface area contributed by atoms with Crippen LogP contribution in [0.2, 0.25) is 0 Å². The summed E-state index contributed by atoms with van der Waals surface area (Å²) >= 11 is 0. The molecule has 110 valence electrons. The lowest BCUT2D eigenvalue weighted by atomic mass is 10.1. The molecule has 0 spiro atoms. The third-order valence-electron chi connectivity index (χ3n) is 3.15. The molecule has 0 bridgehead atoms. The van der Waals surface area contributed by atoms with Crippen LogP contribution >= 0.6 is 12.4 Å². The zero-order chi connectivity index (χ0) is 13.8. The molecule has 0 aliphatic carbocycles. The molecule has 20 heavy (non-hydrogen) atoms. The number of nitrogens with two attached hydrogens (primary N) is 1. The van der Waals surface area contributed by atoms with Crippen molar-refractivity contribution in [3.63, 3.8) is 0 Å². The van der Waals surface area contributed by atoms with Crippen molar-refractivity contribution in [2.45, 2.75) is 39.3 Å². The molecular formula is C14H21ClN4O. The van der Waals surface area contributed by atoms with Gasteiger partial charge in [-0.05, 0) is 31.5 Å². The second-order valence-corrected chi connectivity index (χ2v) is 4.62. The largest absolute Gasteiger partial charge is 0.325 e. The van der Waals surface area contributed by atoms with Crippen molar-refractivity contribution in [3.8, 4) is 0 Å². The van der Waals surface area contributed by atoms with E-state index in [4.69, 9.17) is 5.73 Å². The Hall–Kier alpha value is -1.59. The third-order valence-corrected chi connectivity index (χ3v) is 3.15. The SMILES string of the molecule is CCCC(N)C(=O)Nc1ccc2cnn(CC)c2c1.Cl. The minimum absolute atomic E-state index is 0. The van der Waals surface area contributed by atoms with Gasteiger partial charge in [0.25, 0.3) is 0 Å². The van der Waals surface area contributed by atoms with Gasteiger partial charge in [0.05, 0.1) is 17.8 Å². The molecule has 1 aromatic heterocycles. The van der Waals surface area contributed by atoms with E-state index in [9.17, 15) is 4.79 Å². The van der Waals surface area contributed by atoms with E-state index in [-0.39, 0.29) is 18.3 Å². The molecule has 0 saturated carbocycles. The number of carbonyl (C=O) groups is 1. The van der Waals surface area contributed by atoms with Gasteiger partial charge in [-0.25, -0.2) is 0 Å². The van der Waals surface area contributed by atoms with Gasteiger partial charge in [0.15, 0.2) is 0 Å². The summed E-state index contributed by atoms with van der Waals surface area (Å²) in [7, 11) is 0. The summed E-state index contributed by atoms with van der Waals surface area (Å²) in [5, 5.41) is 8.20. The highest BCUT2D eigenvalue weighted by Crippen LogP contribution is 2.19. The van der Waals surface area contributed by atoms with Crippen LogP contribution in [0.3, 0.4) is 0 Å². The summed E-state index contributed by atoms with van der Waals surface area (Å²) in [4.78, 5) is 11.9. The van der Waals surface area contributed by atoms with E-state index in [0.29, 0.717) is 6.42 Å². The average Bonchev–Trinajstić information content (AvgIpc) is 2.81. The molecule has 0 fully saturated rings. The molecule has 1 amide bonds. The van der Waals surface area contributed by atoms with Crippen molar-refractivity contribution in [1.29, 1.82) is 0 Å². The second kappa shape index (κ2) is 7.26. The summed E-state index contributed by atoms with van der Waals surface area (Å²) in [5.74, 6) is -0.135. The highest BCUT2D eigenvalue weighted by molar-refractivity contribution is 5.96. The molecule has 5 nitrogen and oxygen atoms in total. The molecule has 1 unspecified atom stereocenters. The van der Waals surface area contributed by atoms with Crippen LogP contribution in [0.15, 0.2) is 24.4 Å². The Balaban J connectivity index is 0.00000200. The Bertz CT molecular complexity index is 582. The first-order valence-electron chi connectivity index (χ1n) is 6.67. The monoisotopic (exact) mass is 296 g/mol. The number of hydrogen-bond acceptors (Lipinski definition) is 3. The highest BCUT2D eigenvalue weighted by atomic mass is 35.5. The summed E-state index contributed by atoms with van der Waals surface area (Å²) in [6, 6.07) is 5.31. The van der Waals surface area contributed by atoms with Gasteiger partial charge in [0.1, 0.15) is 0 Å². The number of amides is 1. The third kappa shape index (κ3) is 3.49. The van der Waals surface area contributed by atoms with Crippen LogP contribution < -0.4 is 11.1 Å². The molecule has 1 atom stereocenters. The number of aromatic nitrogens is 2. The van der Waals surface area contributed by atoms with E-state index in [1.54, 1.807) is 0 Å². The lowest BCUT2D eigenvalue weighted by Gasteiger charge is -2.11. The number of fused-ring (bicyclic) bond motifs is 1. The van der Waals surface area contributed by atoms with Crippen molar-refractivity contribution in [1.82, 2.24) is 9.78 Å². The van der Waals surface area contributed by atoms with Crippen molar-refractivity contribution < 1.29 is 4.79 Å². The van der Waals surface area contributed by atoms with E-state index in [2.05, 4.69) is 10.4 Å². The number of nitrogens with zero attached hydrogens (tertiary/aromatic N) is 2. The van der Waals surface area contributed by atoms with Gasteiger partial charge in [-0.1, -0.05) is 13.3 Å². The summed E-state index contributed by atoms with van der Waals surface area (Å²) in [6.07, 6.45) is 3.42. The number of nitrogens with one attached hydrogen (secondary N) is 1. The molecule has 0 saturated heterocycles. The van der Waals surface area contributed by atoms with Crippen LogP contribution in [0.25, 0.3) is 10.9 Å². The standard InChI is InChI=1S/C14H20N4O.ClH/c1-3-5-12(15)14(19)17-11-7-6-10-9-16-18(4-2)13(10)8-11;/h6-9,12H,3-5,15H2,1-2H3,(H,17,19);1H. The first-order valence-corrected chi connectivity index (χ1v) is 6.67. The maximum Gasteiger partial charge on any atom is 0.241 e. The number of rotatable bonds is 5. The lowest BCUT2D eigenvalue weighted by molar-refractivity contribution is -0.117. The first kappa shape index (κ1) is 16.5. The fourth-order valence-electron chi connectivity index (χ4n) is 2.08. The molecule has 0 radical (unpaired) electrons. The Morgan fingerprint density at radius 2 is 2.20 bits per heavy atom. The number of hydrogen-bond donors (Lipinski definition) is 2. The van der Waals surface area contributed by atoms with E-state index in [0.717, 1.165) is 29.6 Å². The summed E-state index contributed by atoms with van der Waals surface area (Å²) in [6.45, 7) is 4.85. The van der Waals surface area contributed by atoms with Crippen molar-refractivity contribution in [2.75, 3.05) is 5.32 Å². The van der Waals surface area contributed by atoms with Crippen molar-refractivity contribution in [2.24, 2.45) is 5.73 Å². The zero-order valence-corrected chi connectivity index (χ0v) is 12.6. The van der Waals surface area contributed by atoms with Crippen LogP contribution in [-0.2, 0) is 11.3 Å². The fourth-order valence-corrected chi connectivity index (χ4v) is 2.08. The second-order valence-electron chi connectivity index (χ2n) is 4.62. The van der Waals surface area contributed by atoms with E-state index in [1.807, 2.05) is 42.9 Å². The van der Waals surface area contributed by atoms with Gasteiger partial charge in [-0.3, -0.25) is 9.48 Å². The van der Waals surface area contributed by atoms with Crippen LogP contribution in [-0.4, -0.2) is 21.7 Å². The maximum atomic E-state index is 11.9. The molecule has 1 heterocycles. The normalized spacial score (nSPS) is 11.9. The van der Waals surface area contributed by atoms with Crippen LogP contribution in [0.1, 0.15) is 26.7 Å². The van der Waals surface area contributed by atoms with Gasteiger partial charge in [-0.15, -0.1) is 12.4 Å². The number of aryl methyl sites for hydroxylation is 1. The van der Waals surface area contributed by atoms with E-state index in [1.165, 1.54) is 0 Å². The van der Waals surface area contributed by atoms with Gasteiger partial charge >= 0.3 is 0 Å². The molecular weight excluding hydrogens is 276 g/mol. The smallest absolute Gasteiger partial charge is 0.241 e. The Morgan fingerprint density at radius 1 is 1.45 bits per heavy atom. The number of halogens is 1. The fraction of sp³-hybridized carbons (Fsp3) is 0.429. The van der Waals surface area contributed by atoms with Crippen LogP contribution in [0, 0.1) is 0 Å². The molecule has 2 rings (SSSR count). The van der Waals surface area contributed by atoms with Gasteiger partial charge in [-0.2, -0.15) is 5.10 Å². The predicted octanol–water partition coefficient (Wildman–Crippen LogP) is 2.54. The molecule has 3 N–H and O–H groups in total. The summed E-state index contributed by atoms with van der Waals surface area (Å²) in [5.41, 5.74) is 7.58. The highest BCUT2D eigenvalue weighted by Gasteiger charge is 2.12. The van der Waals surface area contributed by atoms with Gasteiger partial charge in [0.2, 0.25) is 5.91 Å².